The van der Waals surface area contributed by atoms with Gasteiger partial charge in [-0.25, -0.2) is 18.1 Å². The van der Waals surface area contributed by atoms with Crippen molar-refractivity contribution in [1.82, 2.24) is 9.97 Å². The van der Waals surface area contributed by atoms with Gasteiger partial charge in [-0.3, -0.25) is 10.1 Å². The van der Waals surface area contributed by atoms with E-state index >= 15 is 0 Å². The molecule has 3 aromatic carbocycles. The maximum atomic E-state index is 12.8. The fraction of sp³-hybridized carbons (Fsp3) is 0. The van der Waals surface area contributed by atoms with Crippen molar-refractivity contribution < 1.29 is 18.1 Å². The summed E-state index contributed by atoms with van der Waals surface area (Å²) < 4.78 is 33.7. The minimum absolute atomic E-state index is 0.145. The van der Waals surface area contributed by atoms with Gasteiger partial charge >= 0.3 is 0 Å². The number of aromatic nitrogens is 2. The lowest BCUT2D eigenvalue weighted by Gasteiger charge is -2.11. The fourth-order valence-corrected chi connectivity index (χ4v) is 3.76. The minimum atomic E-state index is -4.10. The highest BCUT2D eigenvalue weighted by molar-refractivity contribution is 7.92. The van der Waals surface area contributed by atoms with Crippen LogP contribution in [0.25, 0.3) is 11.3 Å². The monoisotopic (exact) mass is 448 g/mol. The molecule has 0 bridgehead atoms. The summed E-state index contributed by atoms with van der Waals surface area (Å²) in [5.41, 5.74) is 0.973. The summed E-state index contributed by atoms with van der Waals surface area (Å²) in [5, 5.41) is 10.8. The highest BCUT2D eigenvalue weighted by Crippen LogP contribution is 2.27. The van der Waals surface area contributed by atoms with Crippen molar-refractivity contribution in [1.29, 1.82) is 0 Å². The number of nitrogens with one attached hydrogen (secondary N) is 1. The van der Waals surface area contributed by atoms with E-state index in [0.29, 0.717) is 11.4 Å². The van der Waals surface area contributed by atoms with Gasteiger partial charge in [0.05, 0.1) is 15.5 Å². The number of nitro benzene ring substituents is 1. The molecular formula is C22H16N4O5S. The van der Waals surface area contributed by atoms with E-state index in [1.54, 1.807) is 30.3 Å². The summed E-state index contributed by atoms with van der Waals surface area (Å²) in [4.78, 5) is 18.5. The average molecular weight is 448 g/mol. The summed E-state index contributed by atoms with van der Waals surface area (Å²) >= 11 is 0. The Kier molecular flexibility index (Phi) is 5.77. The topological polar surface area (TPSA) is 124 Å². The SMILES string of the molecule is O=[N+]([O-])c1ccc(S(=O)(=O)Nc2nc(Oc3ccccc3)cc(-c3ccccc3)n2)cc1. The highest BCUT2D eigenvalue weighted by Gasteiger charge is 2.19. The smallest absolute Gasteiger partial charge is 0.269 e. The van der Waals surface area contributed by atoms with Crippen molar-refractivity contribution in [3.63, 3.8) is 0 Å². The van der Waals surface area contributed by atoms with Gasteiger partial charge in [0.1, 0.15) is 5.75 Å². The fourth-order valence-electron chi connectivity index (χ4n) is 2.82. The first kappa shape index (κ1) is 20.9. The van der Waals surface area contributed by atoms with Crippen molar-refractivity contribution in [2.45, 2.75) is 4.90 Å². The second kappa shape index (κ2) is 8.82. The molecule has 0 atom stereocenters. The van der Waals surface area contributed by atoms with E-state index in [1.807, 2.05) is 36.4 Å². The van der Waals surface area contributed by atoms with Crippen molar-refractivity contribution >= 4 is 21.7 Å². The Morgan fingerprint density at radius 2 is 1.47 bits per heavy atom. The van der Waals surface area contributed by atoms with Gasteiger partial charge in [-0.05, 0) is 24.3 Å². The molecule has 0 radical (unpaired) electrons. The molecule has 160 valence electrons. The molecule has 0 aliphatic carbocycles. The molecule has 0 spiro atoms. The van der Waals surface area contributed by atoms with Crippen LogP contribution < -0.4 is 9.46 Å². The van der Waals surface area contributed by atoms with Gasteiger partial charge in [0.2, 0.25) is 11.8 Å². The number of hydrogen-bond acceptors (Lipinski definition) is 7. The number of non-ortho nitro benzene ring substituents is 1. The predicted octanol–water partition coefficient (Wildman–Crippen LogP) is 4.64. The molecule has 0 fully saturated rings. The van der Waals surface area contributed by atoms with Gasteiger partial charge in [-0.1, -0.05) is 48.5 Å². The quantitative estimate of drug-likeness (QED) is 0.322. The van der Waals surface area contributed by atoms with Gasteiger partial charge < -0.3 is 4.74 Å². The second-order valence-corrected chi connectivity index (χ2v) is 8.24. The average Bonchev–Trinajstić information content (AvgIpc) is 2.80. The molecule has 1 aromatic heterocycles. The first-order chi connectivity index (χ1) is 15.4. The van der Waals surface area contributed by atoms with E-state index in [0.717, 1.165) is 29.8 Å². The van der Waals surface area contributed by atoms with Crippen LogP contribution in [0.3, 0.4) is 0 Å². The first-order valence-corrected chi connectivity index (χ1v) is 10.8. The molecule has 0 amide bonds. The van der Waals surface area contributed by atoms with Crippen LogP contribution in [0.5, 0.6) is 11.6 Å². The summed E-state index contributed by atoms with van der Waals surface area (Å²) in [5.74, 6) is 0.469. The molecule has 1 N–H and O–H groups in total. The molecule has 0 aliphatic heterocycles. The van der Waals surface area contributed by atoms with Crippen LogP contribution in [0.4, 0.5) is 11.6 Å². The van der Waals surface area contributed by atoms with Crippen LogP contribution >= 0.6 is 0 Å². The third kappa shape index (κ3) is 4.87. The van der Waals surface area contributed by atoms with E-state index in [2.05, 4.69) is 14.7 Å². The largest absolute Gasteiger partial charge is 0.439 e. The lowest BCUT2D eigenvalue weighted by molar-refractivity contribution is -0.384. The number of anilines is 1. The molecule has 9 nitrogen and oxygen atoms in total. The number of benzene rings is 3. The molecule has 4 rings (SSSR count). The Morgan fingerprint density at radius 3 is 2.09 bits per heavy atom. The Bertz CT molecular complexity index is 1350. The van der Waals surface area contributed by atoms with Gasteiger partial charge in [-0.15, -0.1) is 0 Å². The number of rotatable bonds is 7. The molecule has 32 heavy (non-hydrogen) atoms. The molecule has 4 aromatic rings. The van der Waals surface area contributed by atoms with E-state index < -0.39 is 14.9 Å². The summed E-state index contributed by atoms with van der Waals surface area (Å²) in [6.45, 7) is 0. The van der Waals surface area contributed by atoms with Crippen LogP contribution in [0.1, 0.15) is 0 Å². The molecule has 0 aliphatic rings. The Morgan fingerprint density at radius 1 is 0.844 bits per heavy atom. The maximum absolute atomic E-state index is 12.8. The first-order valence-electron chi connectivity index (χ1n) is 9.35. The Labute approximate surface area is 183 Å². The van der Waals surface area contributed by atoms with Gasteiger partial charge in [0.15, 0.2) is 0 Å². The van der Waals surface area contributed by atoms with Crippen molar-refractivity contribution in [2.24, 2.45) is 0 Å². The predicted molar refractivity (Wildman–Crippen MR) is 118 cm³/mol. The molecule has 1 heterocycles. The lowest BCUT2D eigenvalue weighted by atomic mass is 10.1. The number of sulfonamides is 1. The number of hydrogen-bond donors (Lipinski definition) is 1. The normalized spacial score (nSPS) is 11.0. The third-order valence-electron chi connectivity index (χ3n) is 4.32. The number of ether oxygens (including phenoxy) is 1. The second-order valence-electron chi connectivity index (χ2n) is 6.55. The molecule has 0 saturated heterocycles. The Hall–Kier alpha value is -4.31. The molecule has 0 unspecified atom stereocenters. The number of nitrogens with zero attached hydrogens (tertiary/aromatic N) is 3. The van der Waals surface area contributed by atoms with Gasteiger partial charge in [-0.2, -0.15) is 4.98 Å². The summed E-state index contributed by atoms with van der Waals surface area (Å²) in [7, 11) is -4.10. The lowest BCUT2D eigenvalue weighted by Crippen LogP contribution is -2.15. The zero-order valence-corrected chi connectivity index (χ0v) is 17.3. The number of nitro groups is 1. The van der Waals surface area contributed by atoms with Crippen LogP contribution in [0, 0.1) is 10.1 Å². The van der Waals surface area contributed by atoms with Crippen LogP contribution in [0.2, 0.25) is 0 Å². The minimum Gasteiger partial charge on any atom is -0.439 e. The zero-order valence-electron chi connectivity index (χ0n) is 16.5. The summed E-state index contributed by atoms with van der Waals surface area (Å²) in [6.07, 6.45) is 0. The Balaban J connectivity index is 1.70. The van der Waals surface area contributed by atoms with Crippen molar-refractivity contribution in [3.05, 3.63) is 101 Å². The van der Waals surface area contributed by atoms with E-state index in [9.17, 15) is 18.5 Å². The van der Waals surface area contributed by atoms with E-state index in [-0.39, 0.29) is 22.4 Å². The maximum Gasteiger partial charge on any atom is 0.269 e. The van der Waals surface area contributed by atoms with Crippen LogP contribution in [-0.2, 0) is 10.0 Å². The third-order valence-corrected chi connectivity index (χ3v) is 5.67. The van der Waals surface area contributed by atoms with Gasteiger partial charge in [0, 0.05) is 23.8 Å². The standard InChI is InChI=1S/C22H16N4O5S/c27-26(28)17-11-13-19(14-12-17)32(29,30)25-22-23-20(16-7-3-1-4-8-16)15-21(24-22)31-18-9-5-2-6-10-18/h1-15H,(H,23,24,25). The van der Waals surface area contributed by atoms with Crippen molar-refractivity contribution in [3.8, 4) is 22.9 Å². The van der Waals surface area contributed by atoms with Gasteiger partial charge in [0.25, 0.3) is 15.7 Å². The summed E-state index contributed by atoms with van der Waals surface area (Å²) in [6, 6.07) is 24.2. The van der Waals surface area contributed by atoms with E-state index in [1.165, 1.54) is 0 Å². The molecule has 10 heteroatoms. The van der Waals surface area contributed by atoms with Crippen LogP contribution in [-0.4, -0.2) is 23.3 Å². The number of para-hydroxylation sites is 1. The highest BCUT2D eigenvalue weighted by atomic mass is 32.2. The zero-order chi connectivity index (χ0) is 22.6. The molecular weight excluding hydrogens is 432 g/mol. The van der Waals surface area contributed by atoms with E-state index in [4.69, 9.17) is 4.74 Å². The molecule has 0 saturated carbocycles. The van der Waals surface area contributed by atoms with Crippen LogP contribution in [0.15, 0.2) is 95.9 Å². The van der Waals surface area contributed by atoms with Crippen molar-refractivity contribution in [2.75, 3.05) is 4.72 Å².